The van der Waals surface area contributed by atoms with E-state index in [-0.39, 0.29) is 5.91 Å². The smallest absolute Gasteiger partial charge is 0.262 e. The fourth-order valence-electron chi connectivity index (χ4n) is 1.35. The minimum absolute atomic E-state index is 0.0678. The van der Waals surface area contributed by atoms with Gasteiger partial charge in [0, 0.05) is 25.8 Å². The van der Waals surface area contributed by atoms with Crippen molar-refractivity contribution in [1.29, 1.82) is 0 Å². The Morgan fingerprint density at radius 2 is 2.06 bits per heavy atom. The number of hydrogen-bond donors (Lipinski definition) is 1. The number of ether oxygens (including phenoxy) is 1. The van der Waals surface area contributed by atoms with Crippen LogP contribution in [0.2, 0.25) is 0 Å². The molecule has 4 heteroatoms. The van der Waals surface area contributed by atoms with Crippen molar-refractivity contribution in [2.75, 3.05) is 19.8 Å². The fraction of sp³-hybridized carbons (Fsp3) is 0.417. The lowest BCUT2D eigenvalue weighted by atomic mass is 10.2. The molecule has 88 valence electrons. The predicted octanol–water partition coefficient (Wildman–Crippen LogP) is 1.43. The van der Waals surface area contributed by atoms with E-state index in [1.807, 2.05) is 13.0 Å². The molecule has 0 aromatic heterocycles. The van der Waals surface area contributed by atoms with Crippen LogP contribution < -0.4 is 10.5 Å². The number of aryl methyl sites for hydroxylation is 1. The molecule has 0 saturated carbocycles. The zero-order valence-corrected chi connectivity index (χ0v) is 10.2. The van der Waals surface area contributed by atoms with E-state index in [2.05, 4.69) is 0 Å². The van der Waals surface area contributed by atoms with Gasteiger partial charge in [-0.3, -0.25) is 4.79 Å². The average molecular weight is 222 g/mol. The van der Waals surface area contributed by atoms with Crippen molar-refractivity contribution in [2.45, 2.75) is 20.0 Å². The Morgan fingerprint density at radius 1 is 1.44 bits per heavy atom. The summed E-state index contributed by atoms with van der Waals surface area (Å²) in [6.45, 7) is 3.65. The minimum atomic E-state index is -0.504. The lowest BCUT2D eigenvalue weighted by molar-refractivity contribution is -0.135. The first kappa shape index (κ1) is 12.4. The standard InChI is InChI=1S/C12H18N2O2/c1-8-5-6-10(13)7-11(8)16-9(2)12(15)14(3)4/h5-7,9H,13H2,1-4H3. The summed E-state index contributed by atoms with van der Waals surface area (Å²) in [6, 6.07) is 5.41. The number of carbonyl (C=O) groups is 1. The molecule has 0 radical (unpaired) electrons. The molecule has 1 aromatic carbocycles. The number of nitrogens with zero attached hydrogens (tertiary/aromatic N) is 1. The second kappa shape index (κ2) is 4.88. The van der Waals surface area contributed by atoms with E-state index in [1.165, 1.54) is 4.90 Å². The highest BCUT2D eigenvalue weighted by molar-refractivity contribution is 5.80. The van der Waals surface area contributed by atoms with Gasteiger partial charge in [-0.2, -0.15) is 0 Å². The van der Waals surface area contributed by atoms with Gasteiger partial charge in [0.25, 0.3) is 5.91 Å². The third-order valence-electron chi connectivity index (χ3n) is 2.30. The number of nitrogens with two attached hydrogens (primary N) is 1. The van der Waals surface area contributed by atoms with E-state index in [4.69, 9.17) is 10.5 Å². The third kappa shape index (κ3) is 2.89. The van der Waals surface area contributed by atoms with E-state index in [0.717, 1.165) is 5.56 Å². The highest BCUT2D eigenvalue weighted by atomic mass is 16.5. The molecule has 0 heterocycles. The first-order valence-electron chi connectivity index (χ1n) is 5.15. The van der Waals surface area contributed by atoms with Gasteiger partial charge in [0.2, 0.25) is 0 Å². The number of nitrogen functional groups attached to an aromatic ring is 1. The Labute approximate surface area is 96.0 Å². The number of anilines is 1. The molecule has 1 amide bonds. The van der Waals surface area contributed by atoms with E-state index < -0.39 is 6.10 Å². The molecule has 1 atom stereocenters. The van der Waals surface area contributed by atoms with Crippen LogP contribution in [0.3, 0.4) is 0 Å². The zero-order chi connectivity index (χ0) is 12.3. The van der Waals surface area contributed by atoms with Crippen LogP contribution in [0.15, 0.2) is 18.2 Å². The van der Waals surface area contributed by atoms with Crippen molar-refractivity contribution in [1.82, 2.24) is 4.90 Å². The summed E-state index contributed by atoms with van der Waals surface area (Å²) in [5.41, 5.74) is 7.26. The van der Waals surface area contributed by atoms with Crippen molar-refractivity contribution in [3.63, 3.8) is 0 Å². The second-order valence-electron chi connectivity index (χ2n) is 4.02. The second-order valence-corrected chi connectivity index (χ2v) is 4.02. The normalized spacial score (nSPS) is 12.0. The Hall–Kier alpha value is -1.71. The largest absolute Gasteiger partial charge is 0.481 e. The maximum absolute atomic E-state index is 11.6. The van der Waals surface area contributed by atoms with Crippen molar-refractivity contribution >= 4 is 11.6 Å². The maximum Gasteiger partial charge on any atom is 0.262 e. The highest BCUT2D eigenvalue weighted by Crippen LogP contribution is 2.22. The maximum atomic E-state index is 11.6. The van der Waals surface area contributed by atoms with Crippen LogP contribution in [0.5, 0.6) is 5.75 Å². The molecule has 0 aliphatic rings. The zero-order valence-electron chi connectivity index (χ0n) is 10.2. The summed E-state index contributed by atoms with van der Waals surface area (Å²) in [4.78, 5) is 13.1. The van der Waals surface area contributed by atoms with Gasteiger partial charge >= 0.3 is 0 Å². The van der Waals surface area contributed by atoms with Crippen molar-refractivity contribution < 1.29 is 9.53 Å². The van der Waals surface area contributed by atoms with Crippen LogP contribution in [0, 0.1) is 6.92 Å². The Kier molecular flexibility index (Phi) is 3.77. The van der Waals surface area contributed by atoms with Gasteiger partial charge < -0.3 is 15.4 Å². The van der Waals surface area contributed by atoms with Gasteiger partial charge in [-0.25, -0.2) is 0 Å². The number of carbonyl (C=O) groups excluding carboxylic acids is 1. The predicted molar refractivity (Wildman–Crippen MR) is 64.4 cm³/mol. The van der Waals surface area contributed by atoms with Gasteiger partial charge in [-0.1, -0.05) is 6.07 Å². The summed E-state index contributed by atoms with van der Waals surface area (Å²) in [6.07, 6.45) is -0.504. The molecule has 2 N–H and O–H groups in total. The Bertz CT molecular complexity index is 389. The van der Waals surface area contributed by atoms with Crippen LogP contribution in [-0.2, 0) is 4.79 Å². The molecular weight excluding hydrogens is 204 g/mol. The topological polar surface area (TPSA) is 55.6 Å². The quantitative estimate of drug-likeness (QED) is 0.787. The molecule has 16 heavy (non-hydrogen) atoms. The minimum Gasteiger partial charge on any atom is -0.481 e. The van der Waals surface area contributed by atoms with E-state index in [0.29, 0.717) is 11.4 Å². The number of benzene rings is 1. The molecule has 0 aliphatic carbocycles. The number of likely N-dealkylation sites (N-methyl/N-ethyl adjacent to an activating group) is 1. The molecule has 0 aliphatic heterocycles. The van der Waals surface area contributed by atoms with Gasteiger partial charge in [-0.05, 0) is 25.5 Å². The molecule has 0 bridgehead atoms. The molecule has 1 rings (SSSR count). The van der Waals surface area contributed by atoms with Crippen LogP contribution >= 0.6 is 0 Å². The summed E-state index contributed by atoms with van der Waals surface area (Å²) >= 11 is 0. The van der Waals surface area contributed by atoms with Gasteiger partial charge in [0.15, 0.2) is 6.10 Å². The Balaban J connectivity index is 2.80. The highest BCUT2D eigenvalue weighted by Gasteiger charge is 2.17. The van der Waals surface area contributed by atoms with E-state index in [1.54, 1.807) is 33.2 Å². The average Bonchev–Trinajstić information content (AvgIpc) is 2.22. The van der Waals surface area contributed by atoms with Crippen LogP contribution in [0.25, 0.3) is 0 Å². The number of amides is 1. The summed E-state index contributed by atoms with van der Waals surface area (Å²) in [5, 5.41) is 0. The van der Waals surface area contributed by atoms with Crippen molar-refractivity contribution in [3.05, 3.63) is 23.8 Å². The van der Waals surface area contributed by atoms with Gasteiger partial charge in [0.05, 0.1) is 0 Å². The summed E-state index contributed by atoms with van der Waals surface area (Å²) < 4.78 is 5.58. The first-order chi connectivity index (χ1) is 7.41. The molecule has 0 spiro atoms. The van der Waals surface area contributed by atoms with Crippen molar-refractivity contribution in [3.8, 4) is 5.75 Å². The molecule has 0 saturated heterocycles. The Morgan fingerprint density at radius 3 is 2.62 bits per heavy atom. The van der Waals surface area contributed by atoms with Crippen LogP contribution in [0.1, 0.15) is 12.5 Å². The van der Waals surface area contributed by atoms with Crippen molar-refractivity contribution in [2.24, 2.45) is 0 Å². The lowest BCUT2D eigenvalue weighted by Crippen LogP contribution is -2.35. The lowest BCUT2D eigenvalue weighted by Gasteiger charge is -2.19. The van der Waals surface area contributed by atoms with Crippen LogP contribution in [-0.4, -0.2) is 31.0 Å². The number of rotatable bonds is 3. The van der Waals surface area contributed by atoms with E-state index >= 15 is 0 Å². The molecule has 4 nitrogen and oxygen atoms in total. The van der Waals surface area contributed by atoms with Gasteiger partial charge in [0.1, 0.15) is 5.75 Å². The van der Waals surface area contributed by atoms with E-state index in [9.17, 15) is 4.79 Å². The monoisotopic (exact) mass is 222 g/mol. The molecule has 0 fully saturated rings. The van der Waals surface area contributed by atoms with Crippen LogP contribution in [0.4, 0.5) is 5.69 Å². The van der Waals surface area contributed by atoms with Gasteiger partial charge in [-0.15, -0.1) is 0 Å². The first-order valence-corrected chi connectivity index (χ1v) is 5.15. The molecule has 1 aromatic rings. The summed E-state index contributed by atoms with van der Waals surface area (Å²) in [7, 11) is 3.41. The SMILES string of the molecule is Cc1ccc(N)cc1OC(C)C(=O)N(C)C. The number of hydrogen-bond acceptors (Lipinski definition) is 3. The molecular formula is C12H18N2O2. The molecule has 1 unspecified atom stereocenters. The summed E-state index contributed by atoms with van der Waals surface area (Å²) in [5.74, 6) is 0.588. The third-order valence-corrected chi connectivity index (χ3v) is 2.30. The fourth-order valence-corrected chi connectivity index (χ4v) is 1.35.